The molecular formula is C15H21NO2. The van der Waals surface area contributed by atoms with Gasteiger partial charge < -0.3 is 14.8 Å². The summed E-state index contributed by atoms with van der Waals surface area (Å²) in [6.07, 6.45) is 8.97. The van der Waals surface area contributed by atoms with Gasteiger partial charge in [-0.2, -0.15) is 0 Å². The average Bonchev–Trinajstić information content (AvgIpc) is 3.06. The van der Waals surface area contributed by atoms with E-state index in [0.29, 0.717) is 12.3 Å². The van der Waals surface area contributed by atoms with E-state index in [-0.39, 0.29) is 0 Å². The predicted molar refractivity (Wildman–Crippen MR) is 70.0 cm³/mol. The maximum absolute atomic E-state index is 10.3. The Morgan fingerprint density at radius 3 is 2.94 bits per heavy atom. The largest absolute Gasteiger partial charge is 0.466 e. The summed E-state index contributed by atoms with van der Waals surface area (Å²) in [6.45, 7) is 3.32. The lowest BCUT2D eigenvalue weighted by Crippen LogP contribution is -2.38. The standard InChI is InChI=1S/C15H21NO2/c1-15(17,14-3-2-6-18-14)10-16-9-13-8-11-4-5-12(13)7-11/h2-6,11-13,16-17H,7-10H2,1H3. The Morgan fingerprint density at radius 1 is 1.44 bits per heavy atom. The lowest BCUT2D eigenvalue weighted by Gasteiger charge is -2.24. The highest BCUT2D eigenvalue weighted by Crippen LogP contribution is 2.42. The first kappa shape index (κ1) is 12.0. The summed E-state index contributed by atoms with van der Waals surface area (Å²) >= 11 is 0. The van der Waals surface area contributed by atoms with E-state index in [1.165, 1.54) is 12.8 Å². The molecule has 1 fully saturated rings. The quantitative estimate of drug-likeness (QED) is 0.785. The molecule has 4 unspecified atom stereocenters. The predicted octanol–water partition coefficient (Wildman–Crippen LogP) is 2.29. The van der Waals surface area contributed by atoms with Crippen molar-refractivity contribution in [2.24, 2.45) is 17.8 Å². The zero-order valence-electron chi connectivity index (χ0n) is 10.8. The van der Waals surface area contributed by atoms with Gasteiger partial charge in [-0.3, -0.25) is 0 Å². The summed E-state index contributed by atoms with van der Waals surface area (Å²) < 4.78 is 5.27. The second kappa shape index (κ2) is 4.56. The van der Waals surface area contributed by atoms with Crippen LogP contribution in [0.25, 0.3) is 0 Å². The van der Waals surface area contributed by atoms with Crippen LogP contribution in [0.15, 0.2) is 35.0 Å². The lowest BCUT2D eigenvalue weighted by atomic mass is 9.93. The zero-order chi connectivity index (χ0) is 12.6. The molecule has 3 nitrogen and oxygen atoms in total. The van der Waals surface area contributed by atoms with Gasteiger partial charge in [0.15, 0.2) is 0 Å². The fourth-order valence-electron chi connectivity index (χ4n) is 3.30. The Kier molecular flexibility index (Phi) is 3.04. The van der Waals surface area contributed by atoms with Crippen molar-refractivity contribution in [1.29, 1.82) is 0 Å². The van der Waals surface area contributed by atoms with Crippen molar-refractivity contribution in [2.75, 3.05) is 13.1 Å². The van der Waals surface area contributed by atoms with E-state index in [9.17, 15) is 5.11 Å². The molecule has 3 heteroatoms. The average molecular weight is 247 g/mol. The van der Waals surface area contributed by atoms with Crippen LogP contribution >= 0.6 is 0 Å². The van der Waals surface area contributed by atoms with Crippen molar-refractivity contribution in [3.05, 3.63) is 36.3 Å². The maximum Gasteiger partial charge on any atom is 0.136 e. The van der Waals surface area contributed by atoms with Crippen LogP contribution in [0.3, 0.4) is 0 Å². The Balaban J connectivity index is 1.49. The van der Waals surface area contributed by atoms with Crippen molar-refractivity contribution in [2.45, 2.75) is 25.4 Å². The Labute approximate surface area is 108 Å². The number of rotatable bonds is 5. The Bertz CT molecular complexity index is 422. The molecule has 1 saturated carbocycles. The molecule has 0 spiro atoms. The topological polar surface area (TPSA) is 45.4 Å². The first-order chi connectivity index (χ1) is 8.65. The maximum atomic E-state index is 10.3. The Morgan fingerprint density at radius 2 is 2.33 bits per heavy atom. The number of aliphatic hydroxyl groups is 1. The number of hydrogen-bond donors (Lipinski definition) is 2. The highest BCUT2D eigenvalue weighted by molar-refractivity contribution is 5.11. The summed E-state index contributed by atoms with van der Waals surface area (Å²) in [6, 6.07) is 3.63. The van der Waals surface area contributed by atoms with Gasteiger partial charge in [0.25, 0.3) is 0 Å². The van der Waals surface area contributed by atoms with E-state index >= 15 is 0 Å². The molecule has 1 aromatic heterocycles. The molecule has 0 aromatic carbocycles. The third-order valence-electron chi connectivity index (χ3n) is 4.34. The van der Waals surface area contributed by atoms with Crippen LogP contribution < -0.4 is 5.32 Å². The van der Waals surface area contributed by atoms with Gasteiger partial charge in [0.2, 0.25) is 0 Å². The van der Waals surface area contributed by atoms with Gasteiger partial charge in [-0.15, -0.1) is 0 Å². The summed E-state index contributed by atoms with van der Waals surface area (Å²) in [5.41, 5.74) is -0.920. The van der Waals surface area contributed by atoms with E-state index in [0.717, 1.165) is 24.3 Å². The van der Waals surface area contributed by atoms with Crippen molar-refractivity contribution < 1.29 is 9.52 Å². The summed E-state index contributed by atoms with van der Waals surface area (Å²) in [5.74, 6) is 2.94. The minimum absolute atomic E-state index is 0.540. The molecule has 0 saturated heterocycles. The SMILES string of the molecule is CC(O)(CNCC1CC2C=CC1C2)c1ccco1. The molecule has 2 aliphatic rings. The normalized spacial score (nSPS) is 32.9. The minimum Gasteiger partial charge on any atom is -0.466 e. The molecule has 18 heavy (non-hydrogen) atoms. The van der Waals surface area contributed by atoms with E-state index in [1.807, 2.05) is 12.1 Å². The molecule has 0 amide bonds. The molecule has 2 bridgehead atoms. The van der Waals surface area contributed by atoms with Gasteiger partial charge in [0, 0.05) is 6.54 Å². The van der Waals surface area contributed by atoms with Gasteiger partial charge in [0.1, 0.15) is 11.4 Å². The van der Waals surface area contributed by atoms with E-state index in [2.05, 4.69) is 17.5 Å². The fraction of sp³-hybridized carbons (Fsp3) is 0.600. The van der Waals surface area contributed by atoms with Gasteiger partial charge in [-0.1, -0.05) is 12.2 Å². The van der Waals surface area contributed by atoms with Gasteiger partial charge in [-0.05, 0) is 56.2 Å². The van der Waals surface area contributed by atoms with Crippen LogP contribution in [0, 0.1) is 17.8 Å². The molecule has 1 heterocycles. The molecule has 2 N–H and O–H groups in total. The minimum atomic E-state index is -0.920. The molecular weight excluding hydrogens is 226 g/mol. The number of hydrogen-bond acceptors (Lipinski definition) is 3. The Hall–Kier alpha value is -1.06. The van der Waals surface area contributed by atoms with Crippen LogP contribution in [0.2, 0.25) is 0 Å². The van der Waals surface area contributed by atoms with Gasteiger partial charge in [0.05, 0.1) is 6.26 Å². The first-order valence-electron chi connectivity index (χ1n) is 6.80. The van der Waals surface area contributed by atoms with Gasteiger partial charge >= 0.3 is 0 Å². The van der Waals surface area contributed by atoms with Crippen LogP contribution in [0.4, 0.5) is 0 Å². The monoisotopic (exact) mass is 247 g/mol. The van der Waals surface area contributed by atoms with Crippen LogP contribution in [-0.4, -0.2) is 18.2 Å². The van der Waals surface area contributed by atoms with Crippen LogP contribution in [-0.2, 0) is 5.60 Å². The van der Waals surface area contributed by atoms with Crippen molar-refractivity contribution >= 4 is 0 Å². The molecule has 4 atom stereocenters. The second-order valence-corrected chi connectivity index (χ2v) is 5.92. The van der Waals surface area contributed by atoms with E-state index in [1.54, 1.807) is 13.2 Å². The molecule has 2 aliphatic carbocycles. The van der Waals surface area contributed by atoms with Crippen molar-refractivity contribution in [3.63, 3.8) is 0 Å². The lowest BCUT2D eigenvalue weighted by molar-refractivity contribution is 0.0333. The van der Waals surface area contributed by atoms with Gasteiger partial charge in [-0.25, -0.2) is 0 Å². The highest BCUT2D eigenvalue weighted by atomic mass is 16.4. The smallest absolute Gasteiger partial charge is 0.136 e. The fourth-order valence-corrected chi connectivity index (χ4v) is 3.30. The third-order valence-corrected chi connectivity index (χ3v) is 4.34. The summed E-state index contributed by atoms with van der Waals surface area (Å²) in [4.78, 5) is 0. The highest BCUT2D eigenvalue weighted by Gasteiger charge is 2.35. The number of fused-ring (bicyclic) bond motifs is 2. The number of nitrogens with one attached hydrogen (secondary N) is 1. The number of furan rings is 1. The van der Waals surface area contributed by atoms with Crippen molar-refractivity contribution in [1.82, 2.24) is 5.32 Å². The number of allylic oxidation sites excluding steroid dienone is 2. The van der Waals surface area contributed by atoms with E-state index in [4.69, 9.17) is 4.42 Å². The molecule has 3 rings (SSSR count). The van der Waals surface area contributed by atoms with E-state index < -0.39 is 5.60 Å². The molecule has 1 aromatic rings. The third kappa shape index (κ3) is 2.25. The summed E-state index contributed by atoms with van der Waals surface area (Å²) in [5, 5.41) is 13.7. The second-order valence-electron chi connectivity index (χ2n) is 5.92. The van der Waals surface area contributed by atoms with Crippen molar-refractivity contribution in [3.8, 4) is 0 Å². The molecule has 0 aliphatic heterocycles. The molecule has 0 radical (unpaired) electrons. The van der Waals surface area contributed by atoms with Crippen LogP contribution in [0.1, 0.15) is 25.5 Å². The first-order valence-corrected chi connectivity index (χ1v) is 6.80. The summed E-state index contributed by atoms with van der Waals surface area (Å²) in [7, 11) is 0. The zero-order valence-corrected chi connectivity index (χ0v) is 10.8. The molecule has 98 valence electrons. The van der Waals surface area contributed by atoms with Crippen LogP contribution in [0.5, 0.6) is 0 Å².